The SMILES string of the molecule is Cc1cc(C(=O)N2CCN(C)[C@@]3(CCC(=O)N(CC4CC4)CC3)C2)n[nH]1. The van der Waals surface area contributed by atoms with E-state index in [0.29, 0.717) is 25.2 Å². The predicted octanol–water partition coefficient (Wildman–Crippen LogP) is 1.27. The van der Waals surface area contributed by atoms with Crippen LogP contribution in [0.4, 0.5) is 0 Å². The average Bonchev–Trinajstić information content (AvgIpc) is 3.37. The molecular formula is C19H29N5O2. The van der Waals surface area contributed by atoms with E-state index >= 15 is 0 Å². The molecule has 1 saturated carbocycles. The number of piperazine rings is 1. The fourth-order valence-corrected chi connectivity index (χ4v) is 4.36. The van der Waals surface area contributed by atoms with E-state index in [1.807, 2.05) is 11.8 Å². The van der Waals surface area contributed by atoms with Gasteiger partial charge in [-0.05, 0) is 51.6 Å². The second kappa shape index (κ2) is 6.68. The highest BCUT2D eigenvalue weighted by atomic mass is 16.2. The van der Waals surface area contributed by atoms with Gasteiger partial charge in [-0.15, -0.1) is 0 Å². The first-order valence-electron chi connectivity index (χ1n) is 9.77. The minimum absolute atomic E-state index is 0.00719. The van der Waals surface area contributed by atoms with Crippen molar-refractivity contribution >= 4 is 11.8 Å². The molecule has 0 aromatic carbocycles. The van der Waals surface area contributed by atoms with E-state index in [4.69, 9.17) is 0 Å². The molecule has 0 bridgehead atoms. The van der Waals surface area contributed by atoms with E-state index in [1.165, 1.54) is 12.8 Å². The Hall–Kier alpha value is -1.89. The van der Waals surface area contributed by atoms with Gasteiger partial charge in [-0.3, -0.25) is 19.6 Å². The highest BCUT2D eigenvalue weighted by Gasteiger charge is 2.44. The second-order valence-corrected chi connectivity index (χ2v) is 8.34. The summed E-state index contributed by atoms with van der Waals surface area (Å²) in [6.45, 7) is 5.87. The standard InChI is InChI=1S/C19H29N5O2/c1-14-11-16(21-20-14)18(26)24-10-9-22(2)19(13-24)6-5-17(25)23(8-7-19)12-15-3-4-15/h11,15H,3-10,12-13H2,1-2H3,(H,20,21)/t19-/m1/s1. The number of H-pyrrole nitrogens is 1. The summed E-state index contributed by atoms with van der Waals surface area (Å²) in [4.78, 5) is 31.8. The molecule has 0 unspecified atom stereocenters. The Morgan fingerprint density at radius 1 is 1.31 bits per heavy atom. The summed E-state index contributed by atoms with van der Waals surface area (Å²) in [6.07, 6.45) is 4.87. The van der Waals surface area contributed by atoms with Gasteiger partial charge in [-0.2, -0.15) is 5.10 Å². The number of carbonyl (C=O) groups is 2. The monoisotopic (exact) mass is 359 g/mol. The van der Waals surface area contributed by atoms with E-state index in [9.17, 15) is 9.59 Å². The predicted molar refractivity (Wildman–Crippen MR) is 97.7 cm³/mol. The van der Waals surface area contributed by atoms with Gasteiger partial charge in [0.1, 0.15) is 5.69 Å². The molecule has 2 aliphatic heterocycles. The number of aromatic nitrogens is 2. The van der Waals surface area contributed by atoms with Crippen molar-refractivity contribution < 1.29 is 9.59 Å². The molecule has 26 heavy (non-hydrogen) atoms. The van der Waals surface area contributed by atoms with Crippen molar-refractivity contribution in [2.24, 2.45) is 5.92 Å². The molecule has 1 aromatic heterocycles. The van der Waals surface area contributed by atoms with Crippen molar-refractivity contribution in [2.75, 3.05) is 39.8 Å². The number of nitrogens with zero attached hydrogens (tertiary/aromatic N) is 4. The molecule has 2 saturated heterocycles. The minimum Gasteiger partial charge on any atom is -0.342 e. The molecule has 3 aliphatic rings. The second-order valence-electron chi connectivity index (χ2n) is 8.34. The molecule has 1 N–H and O–H groups in total. The maximum absolute atomic E-state index is 12.9. The summed E-state index contributed by atoms with van der Waals surface area (Å²) in [6, 6.07) is 1.81. The lowest BCUT2D eigenvalue weighted by molar-refractivity contribution is -0.130. The third-order valence-electron chi connectivity index (χ3n) is 6.39. The van der Waals surface area contributed by atoms with Gasteiger partial charge in [-0.1, -0.05) is 0 Å². The summed E-state index contributed by atoms with van der Waals surface area (Å²) in [5.41, 5.74) is 1.28. The van der Waals surface area contributed by atoms with Crippen LogP contribution in [0.1, 0.15) is 48.3 Å². The Balaban J connectivity index is 1.48. The van der Waals surface area contributed by atoms with Crippen LogP contribution in [-0.2, 0) is 4.79 Å². The van der Waals surface area contributed by atoms with Crippen molar-refractivity contribution in [1.82, 2.24) is 24.9 Å². The quantitative estimate of drug-likeness (QED) is 0.882. The van der Waals surface area contributed by atoms with Gasteiger partial charge in [0.25, 0.3) is 5.91 Å². The largest absolute Gasteiger partial charge is 0.342 e. The molecule has 1 spiro atoms. The molecule has 3 fully saturated rings. The molecule has 1 aromatic rings. The van der Waals surface area contributed by atoms with Crippen LogP contribution in [0.2, 0.25) is 0 Å². The zero-order valence-electron chi connectivity index (χ0n) is 15.8. The number of rotatable bonds is 3. The third kappa shape index (κ3) is 3.37. The first-order chi connectivity index (χ1) is 12.5. The Morgan fingerprint density at radius 2 is 2.12 bits per heavy atom. The Morgan fingerprint density at radius 3 is 2.81 bits per heavy atom. The molecule has 1 atom stereocenters. The molecular weight excluding hydrogens is 330 g/mol. The molecule has 4 rings (SSSR count). The number of hydrogen-bond acceptors (Lipinski definition) is 4. The van der Waals surface area contributed by atoms with Crippen molar-refractivity contribution in [3.63, 3.8) is 0 Å². The maximum atomic E-state index is 12.9. The first kappa shape index (κ1) is 17.5. The lowest BCUT2D eigenvalue weighted by Crippen LogP contribution is -2.62. The fourth-order valence-electron chi connectivity index (χ4n) is 4.36. The summed E-state index contributed by atoms with van der Waals surface area (Å²) in [5.74, 6) is 0.999. The minimum atomic E-state index is -0.104. The van der Waals surface area contributed by atoms with Crippen LogP contribution in [0.5, 0.6) is 0 Å². The normalized spacial score (nSPS) is 27.8. The third-order valence-corrected chi connectivity index (χ3v) is 6.39. The fraction of sp³-hybridized carbons (Fsp3) is 0.737. The van der Waals surface area contributed by atoms with E-state index in [0.717, 1.165) is 44.1 Å². The summed E-state index contributed by atoms with van der Waals surface area (Å²) in [7, 11) is 2.14. The van der Waals surface area contributed by atoms with Crippen molar-refractivity contribution in [2.45, 2.75) is 44.6 Å². The number of aromatic amines is 1. The van der Waals surface area contributed by atoms with E-state index in [2.05, 4.69) is 27.0 Å². The molecule has 2 amide bonds. The molecule has 7 nitrogen and oxygen atoms in total. The average molecular weight is 359 g/mol. The number of amides is 2. The van der Waals surface area contributed by atoms with Crippen molar-refractivity contribution in [3.05, 3.63) is 17.5 Å². The highest BCUT2D eigenvalue weighted by Crippen LogP contribution is 2.35. The van der Waals surface area contributed by atoms with Gasteiger partial charge in [-0.25, -0.2) is 0 Å². The van der Waals surface area contributed by atoms with Gasteiger partial charge in [0, 0.05) is 50.4 Å². The van der Waals surface area contributed by atoms with Gasteiger partial charge < -0.3 is 9.80 Å². The summed E-state index contributed by atoms with van der Waals surface area (Å²) < 4.78 is 0. The highest BCUT2D eigenvalue weighted by molar-refractivity contribution is 5.92. The van der Waals surface area contributed by atoms with Gasteiger partial charge in [0.2, 0.25) is 5.91 Å². The van der Waals surface area contributed by atoms with Crippen LogP contribution in [0.3, 0.4) is 0 Å². The number of nitrogens with one attached hydrogen (secondary N) is 1. The lowest BCUT2D eigenvalue weighted by Gasteiger charge is -2.49. The summed E-state index contributed by atoms with van der Waals surface area (Å²) in [5, 5.41) is 6.99. The number of hydrogen-bond donors (Lipinski definition) is 1. The van der Waals surface area contributed by atoms with Crippen LogP contribution >= 0.6 is 0 Å². The topological polar surface area (TPSA) is 72.5 Å². The molecule has 1 aliphatic carbocycles. The molecule has 0 radical (unpaired) electrons. The molecule has 7 heteroatoms. The van der Waals surface area contributed by atoms with Gasteiger partial charge >= 0.3 is 0 Å². The zero-order valence-corrected chi connectivity index (χ0v) is 15.8. The number of carbonyl (C=O) groups excluding carboxylic acids is 2. The van der Waals surface area contributed by atoms with Gasteiger partial charge in [0.15, 0.2) is 0 Å². The zero-order chi connectivity index (χ0) is 18.3. The Labute approximate surface area is 154 Å². The number of likely N-dealkylation sites (tertiary alicyclic amines) is 1. The first-order valence-corrected chi connectivity index (χ1v) is 9.77. The smallest absolute Gasteiger partial charge is 0.274 e. The van der Waals surface area contributed by atoms with Crippen molar-refractivity contribution in [1.29, 1.82) is 0 Å². The molecule has 3 heterocycles. The summed E-state index contributed by atoms with van der Waals surface area (Å²) >= 11 is 0. The number of likely N-dealkylation sites (N-methyl/N-ethyl adjacent to an activating group) is 1. The lowest BCUT2D eigenvalue weighted by atomic mass is 9.86. The Kier molecular flexibility index (Phi) is 4.50. The molecule has 142 valence electrons. The van der Waals surface area contributed by atoms with Crippen LogP contribution < -0.4 is 0 Å². The van der Waals surface area contributed by atoms with E-state index < -0.39 is 0 Å². The van der Waals surface area contributed by atoms with Crippen molar-refractivity contribution in [3.8, 4) is 0 Å². The van der Waals surface area contributed by atoms with Gasteiger partial charge in [0.05, 0.1) is 0 Å². The van der Waals surface area contributed by atoms with Crippen LogP contribution in [-0.4, -0.2) is 82.0 Å². The number of aryl methyl sites for hydroxylation is 1. The van der Waals surface area contributed by atoms with E-state index in [1.54, 1.807) is 6.07 Å². The van der Waals surface area contributed by atoms with Crippen LogP contribution in [0.15, 0.2) is 6.07 Å². The Bertz CT molecular complexity index is 698. The maximum Gasteiger partial charge on any atom is 0.274 e. The van der Waals surface area contributed by atoms with E-state index in [-0.39, 0.29) is 17.4 Å². The van der Waals surface area contributed by atoms with Crippen LogP contribution in [0, 0.1) is 12.8 Å². The van der Waals surface area contributed by atoms with Crippen LogP contribution in [0.25, 0.3) is 0 Å².